The molecule has 158 valence electrons. The van der Waals surface area contributed by atoms with Crippen molar-refractivity contribution < 1.29 is 14.3 Å². The predicted octanol–water partition coefficient (Wildman–Crippen LogP) is 4.69. The minimum absolute atomic E-state index is 0.0431. The lowest BCUT2D eigenvalue weighted by atomic mass is 9.65. The van der Waals surface area contributed by atoms with Crippen molar-refractivity contribution in [2.45, 2.75) is 86.1 Å². The van der Waals surface area contributed by atoms with Crippen molar-refractivity contribution in [2.75, 3.05) is 7.11 Å². The Labute approximate surface area is 173 Å². The standard InChI is InChI=1S/C22H36N2O3S/c1-9-10-11-15-14-24(20(2,3)4)28-18(15)23-17(25)16-12-13-22(7,19(26)27-8)21(16,5)6/h14,16H,9-13H2,1-8H3. The van der Waals surface area contributed by atoms with Crippen molar-refractivity contribution in [1.82, 2.24) is 3.96 Å². The number of unbranched alkanes of at least 4 members (excludes halogenated alkanes) is 1. The minimum atomic E-state index is -0.663. The van der Waals surface area contributed by atoms with E-state index in [-0.39, 0.29) is 23.3 Å². The van der Waals surface area contributed by atoms with Crippen LogP contribution in [0.25, 0.3) is 0 Å². The maximum Gasteiger partial charge on any atom is 0.312 e. The Kier molecular flexibility index (Phi) is 6.64. The van der Waals surface area contributed by atoms with E-state index in [4.69, 9.17) is 4.74 Å². The second-order valence-electron chi connectivity index (χ2n) is 9.74. The maximum absolute atomic E-state index is 13.2. The number of hydrogen-bond acceptors (Lipinski definition) is 4. The number of methoxy groups -OCH3 is 1. The third kappa shape index (κ3) is 4.12. The number of hydrogen-bond donors (Lipinski definition) is 0. The molecule has 1 amide bonds. The molecule has 0 aromatic carbocycles. The number of esters is 1. The summed E-state index contributed by atoms with van der Waals surface area (Å²) in [6.45, 7) is 14.5. The van der Waals surface area contributed by atoms with E-state index in [2.05, 4.69) is 42.8 Å². The largest absolute Gasteiger partial charge is 0.469 e. The van der Waals surface area contributed by atoms with Gasteiger partial charge < -0.3 is 4.74 Å². The van der Waals surface area contributed by atoms with Crippen LogP contribution in [0.2, 0.25) is 0 Å². The number of aryl methyl sites for hydroxylation is 1. The Bertz CT molecular complexity index is 797. The number of carbonyl (C=O) groups is 2. The average Bonchev–Trinajstić information content (AvgIpc) is 3.11. The molecule has 5 nitrogen and oxygen atoms in total. The number of amides is 1. The molecular weight excluding hydrogens is 372 g/mol. The molecule has 0 radical (unpaired) electrons. The van der Waals surface area contributed by atoms with Gasteiger partial charge in [-0.15, -0.1) is 0 Å². The number of rotatable bonds is 5. The van der Waals surface area contributed by atoms with Gasteiger partial charge in [0, 0.05) is 23.2 Å². The van der Waals surface area contributed by atoms with Crippen LogP contribution in [0.15, 0.2) is 11.2 Å². The molecule has 0 N–H and O–H groups in total. The highest BCUT2D eigenvalue weighted by molar-refractivity contribution is 7.04. The van der Waals surface area contributed by atoms with Crippen molar-refractivity contribution in [3.8, 4) is 0 Å². The van der Waals surface area contributed by atoms with Gasteiger partial charge in [-0.25, -0.2) is 4.99 Å². The molecular formula is C22H36N2O3S. The third-order valence-corrected chi connectivity index (χ3v) is 7.94. The molecule has 28 heavy (non-hydrogen) atoms. The summed E-state index contributed by atoms with van der Waals surface area (Å²) in [5.41, 5.74) is -0.0645. The van der Waals surface area contributed by atoms with Gasteiger partial charge >= 0.3 is 5.97 Å². The van der Waals surface area contributed by atoms with Gasteiger partial charge in [-0.05, 0) is 70.3 Å². The van der Waals surface area contributed by atoms with E-state index in [0.29, 0.717) is 12.8 Å². The number of aromatic nitrogens is 1. The molecule has 0 saturated heterocycles. The van der Waals surface area contributed by atoms with Crippen molar-refractivity contribution >= 4 is 23.4 Å². The molecule has 1 aromatic rings. The van der Waals surface area contributed by atoms with Crippen molar-refractivity contribution in [3.05, 3.63) is 16.4 Å². The summed E-state index contributed by atoms with van der Waals surface area (Å²) in [7, 11) is 1.42. The van der Waals surface area contributed by atoms with Crippen LogP contribution in [0.5, 0.6) is 0 Å². The highest BCUT2D eigenvalue weighted by Crippen LogP contribution is 2.56. The minimum Gasteiger partial charge on any atom is -0.469 e. The summed E-state index contributed by atoms with van der Waals surface area (Å²) in [4.78, 5) is 30.2. The first-order valence-electron chi connectivity index (χ1n) is 10.3. The zero-order chi connectivity index (χ0) is 21.3. The Morgan fingerprint density at radius 3 is 2.50 bits per heavy atom. The lowest BCUT2D eigenvalue weighted by molar-refractivity contribution is -0.158. The van der Waals surface area contributed by atoms with E-state index < -0.39 is 10.8 Å². The van der Waals surface area contributed by atoms with Crippen LogP contribution in [0.4, 0.5) is 0 Å². The molecule has 1 aliphatic carbocycles. The normalized spacial score (nSPS) is 25.1. The van der Waals surface area contributed by atoms with Crippen LogP contribution in [0, 0.1) is 16.7 Å². The Morgan fingerprint density at radius 1 is 1.32 bits per heavy atom. The Hall–Kier alpha value is -1.43. The van der Waals surface area contributed by atoms with Gasteiger partial charge in [-0.2, -0.15) is 0 Å². The van der Waals surface area contributed by atoms with Crippen molar-refractivity contribution in [3.63, 3.8) is 0 Å². The lowest BCUT2D eigenvalue weighted by Crippen LogP contribution is -2.43. The van der Waals surface area contributed by atoms with E-state index in [1.165, 1.54) is 7.11 Å². The molecule has 1 fully saturated rings. The first-order chi connectivity index (χ1) is 12.9. The zero-order valence-electron chi connectivity index (χ0n) is 18.7. The van der Waals surface area contributed by atoms with Gasteiger partial charge in [-0.3, -0.25) is 13.5 Å². The van der Waals surface area contributed by atoms with Crippen LogP contribution in [-0.2, 0) is 26.3 Å². The van der Waals surface area contributed by atoms with Crippen LogP contribution >= 0.6 is 11.5 Å². The summed E-state index contributed by atoms with van der Waals surface area (Å²) in [5.74, 6) is -0.628. The van der Waals surface area contributed by atoms with Gasteiger partial charge in [0.1, 0.15) is 4.67 Å². The van der Waals surface area contributed by atoms with E-state index >= 15 is 0 Å². The highest BCUT2D eigenvalue weighted by atomic mass is 32.1. The second-order valence-corrected chi connectivity index (χ2v) is 10.7. The fourth-order valence-corrected chi connectivity index (χ4v) is 5.08. The number of carbonyl (C=O) groups excluding carboxylic acids is 2. The molecule has 2 unspecified atom stereocenters. The summed E-state index contributed by atoms with van der Waals surface area (Å²) >= 11 is 1.55. The van der Waals surface area contributed by atoms with Crippen LogP contribution in [0.3, 0.4) is 0 Å². The fraction of sp³-hybridized carbons (Fsp3) is 0.773. The molecule has 6 heteroatoms. The molecule has 2 rings (SSSR count). The predicted molar refractivity (Wildman–Crippen MR) is 113 cm³/mol. The molecule has 1 heterocycles. The molecule has 1 aromatic heterocycles. The maximum atomic E-state index is 13.2. The molecule has 0 aliphatic heterocycles. The molecule has 0 bridgehead atoms. The average molecular weight is 409 g/mol. The Balaban J connectivity index is 2.41. The number of nitrogens with zero attached hydrogens (tertiary/aromatic N) is 2. The molecule has 1 saturated carbocycles. The van der Waals surface area contributed by atoms with E-state index in [9.17, 15) is 9.59 Å². The topological polar surface area (TPSA) is 60.7 Å². The SMILES string of the molecule is CCCCc1cn(C(C)(C)C)sc1=NC(=O)C1CCC(C)(C(=O)OC)C1(C)C. The first-order valence-corrected chi connectivity index (χ1v) is 11.0. The first kappa shape index (κ1) is 22.9. The molecule has 1 aliphatic rings. The van der Waals surface area contributed by atoms with Crippen LogP contribution in [-0.4, -0.2) is 22.9 Å². The summed E-state index contributed by atoms with van der Waals surface area (Å²) in [6.07, 6.45) is 6.56. The van der Waals surface area contributed by atoms with Gasteiger partial charge in [0.15, 0.2) is 0 Å². The van der Waals surface area contributed by atoms with E-state index in [1.54, 1.807) is 11.5 Å². The smallest absolute Gasteiger partial charge is 0.312 e. The summed E-state index contributed by atoms with van der Waals surface area (Å²) in [6, 6.07) is 0. The van der Waals surface area contributed by atoms with E-state index in [0.717, 1.165) is 29.5 Å². The highest BCUT2D eigenvalue weighted by Gasteiger charge is 2.58. The van der Waals surface area contributed by atoms with Gasteiger partial charge in [0.05, 0.1) is 12.5 Å². The zero-order valence-corrected chi connectivity index (χ0v) is 19.5. The lowest BCUT2D eigenvalue weighted by Gasteiger charge is -2.38. The van der Waals surface area contributed by atoms with E-state index in [1.807, 2.05) is 20.8 Å². The fourth-order valence-electron chi connectivity index (χ4n) is 4.04. The van der Waals surface area contributed by atoms with Crippen LogP contribution < -0.4 is 4.67 Å². The Morgan fingerprint density at radius 2 is 1.96 bits per heavy atom. The quantitative estimate of drug-likeness (QED) is 0.664. The molecule has 2 atom stereocenters. The summed E-state index contributed by atoms with van der Waals surface area (Å²) in [5, 5.41) is 0. The second kappa shape index (κ2) is 8.13. The van der Waals surface area contributed by atoms with Crippen molar-refractivity contribution in [2.24, 2.45) is 21.7 Å². The number of ether oxygens (including phenoxy) is 1. The summed E-state index contributed by atoms with van der Waals surface area (Å²) < 4.78 is 8.04. The van der Waals surface area contributed by atoms with Gasteiger partial charge in [-0.1, -0.05) is 27.2 Å². The van der Waals surface area contributed by atoms with Gasteiger partial charge in [0.2, 0.25) is 0 Å². The monoisotopic (exact) mass is 408 g/mol. The molecule has 0 spiro atoms. The van der Waals surface area contributed by atoms with Gasteiger partial charge in [0.25, 0.3) is 5.91 Å². The van der Waals surface area contributed by atoms with Crippen molar-refractivity contribution in [1.29, 1.82) is 0 Å². The third-order valence-electron chi connectivity index (χ3n) is 6.57. The van der Waals surface area contributed by atoms with Crippen LogP contribution in [0.1, 0.15) is 79.7 Å².